The van der Waals surface area contributed by atoms with Gasteiger partial charge in [-0.3, -0.25) is 4.79 Å². The van der Waals surface area contributed by atoms with E-state index in [0.717, 1.165) is 16.9 Å². The first-order chi connectivity index (χ1) is 14.2. The Hall–Kier alpha value is -2.87. The first-order valence-corrected chi connectivity index (χ1v) is 11.3. The summed E-state index contributed by atoms with van der Waals surface area (Å²) in [5.74, 6) is -1.22. The summed E-state index contributed by atoms with van der Waals surface area (Å²) in [5.41, 5.74) is 2.54. The molecule has 3 rings (SSSR count). The second-order valence-electron chi connectivity index (χ2n) is 7.47. The number of rotatable bonds is 7. The minimum Gasteiger partial charge on any atom is -0.496 e. The molecule has 0 radical (unpaired) electrons. The molecule has 0 aliphatic carbocycles. The number of carbonyl (C=O) groups is 2. The van der Waals surface area contributed by atoms with Gasteiger partial charge in [0.25, 0.3) is 0 Å². The molecule has 2 aromatic carbocycles. The van der Waals surface area contributed by atoms with Crippen LogP contribution in [-0.4, -0.2) is 49.1 Å². The third-order valence-corrected chi connectivity index (χ3v) is 8.11. The lowest BCUT2D eigenvalue weighted by Gasteiger charge is -2.18. The molecule has 0 aromatic heterocycles. The van der Waals surface area contributed by atoms with Crippen molar-refractivity contribution in [2.24, 2.45) is 0 Å². The average Bonchev–Trinajstić information content (AvgIpc) is 3.00. The molecule has 0 bridgehead atoms. The van der Waals surface area contributed by atoms with Gasteiger partial charge in [-0.2, -0.15) is 0 Å². The summed E-state index contributed by atoms with van der Waals surface area (Å²) < 4.78 is 29.9. The van der Waals surface area contributed by atoms with E-state index in [1.165, 1.54) is 0 Å². The van der Waals surface area contributed by atoms with Gasteiger partial charge < -0.3 is 15.2 Å². The predicted molar refractivity (Wildman–Crippen MR) is 113 cm³/mol. The summed E-state index contributed by atoms with van der Waals surface area (Å²) in [4.78, 5) is 24.1. The SMILES string of the molecule is COc1ccccc1-c1ccc(C[C@@H](NC(=O)[C@H]2CC[C@H](C)S2(=O)=O)C(=O)O)cc1. The topological polar surface area (TPSA) is 110 Å². The molecule has 0 spiro atoms. The van der Waals surface area contributed by atoms with Gasteiger partial charge in [-0.05, 0) is 37.0 Å². The molecule has 0 unspecified atom stereocenters. The normalized spacial score (nSPS) is 21.0. The van der Waals surface area contributed by atoms with Crippen LogP contribution in [0.4, 0.5) is 0 Å². The smallest absolute Gasteiger partial charge is 0.326 e. The van der Waals surface area contributed by atoms with Gasteiger partial charge in [0.1, 0.15) is 17.0 Å². The van der Waals surface area contributed by atoms with Gasteiger partial charge in [0.15, 0.2) is 9.84 Å². The number of ether oxygens (including phenoxy) is 1. The molecular formula is C22H25NO6S. The summed E-state index contributed by atoms with van der Waals surface area (Å²) in [6, 6.07) is 13.7. The van der Waals surface area contributed by atoms with Gasteiger partial charge in [-0.1, -0.05) is 42.5 Å². The van der Waals surface area contributed by atoms with E-state index in [1.54, 1.807) is 26.2 Å². The summed E-state index contributed by atoms with van der Waals surface area (Å²) in [5, 5.41) is 10.2. The summed E-state index contributed by atoms with van der Waals surface area (Å²) >= 11 is 0. The predicted octanol–water partition coefficient (Wildman–Crippen LogP) is 2.44. The number of hydrogen-bond acceptors (Lipinski definition) is 5. The number of para-hydroxylation sites is 1. The van der Waals surface area contributed by atoms with E-state index < -0.39 is 38.3 Å². The van der Waals surface area contributed by atoms with Crippen molar-refractivity contribution in [3.05, 3.63) is 54.1 Å². The van der Waals surface area contributed by atoms with Crippen LogP contribution in [0.1, 0.15) is 25.3 Å². The maximum absolute atomic E-state index is 12.5. The lowest BCUT2D eigenvalue weighted by atomic mass is 10.00. The maximum atomic E-state index is 12.5. The Morgan fingerprint density at radius 2 is 1.80 bits per heavy atom. The van der Waals surface area contributed by atoms with Crippen LogP contribution >= 0.6 is 0 Å². The number of sulfone groups is 1. The van der Waals surface area contributed by atoms with E-state index >= 15 is 0 Å². The van der Waals surface area contributed by atoms with Crippen LogP contribution in [-0.2, 0) is 25.8 Å². The lowest BCUT2D eigenvalue weighted by molar-refractivity contribution is -0.141. The number of methoxy groups -OCH3 is 1. The Morgan fingerprint density at radius 3 is 2.37 bits per heavy atom. The molecule has 1 heterocycles. The number of carbonyl (C=O) groups excluding carboxylic acids is 1. The molecule has 1 fully saturated rings. The van der Waals surface area contributed by atoms with Gasteiger partial charge >= 0.3 is 5.97 Å². The van der Waals surface area contributed by atoms with Gasteiger partial charge in [0.2, 0.25) is 5.91 Å². The highest BCUT2D eigenvalue weighted by molar-refractivity contribution is 7.93. The molecule has 160 valence electrons. The molecule has 3 atom stereocenters. The van der Waals surface area contributed by atoms with E-state index in [2.05, 4.69) is 5.32 Å². The highest BCUT2D eigenvalue weighted by Crippen LogP contribution is 2.30. The van der Waals surface area contributed by atoms with Crippen LogP contribution in [0.2, 0.25) is 0 Å². The summed E-state index contributed by atoms with van der Waals surface area (Å²) in [7, 11) is -1.97. The van der Waals surface area contributed by atoms with E-state index in [9.17, 15) is 23.1 Å². The fourth-order valence-electron chi connectivity index (χ4n) is 3.68. The zero-order chi connectivity index (χ0) is 21.9. The molecular weight excluding hydrogens is 406 g/mol. The number of nitrogens with one attached hydrogen (secondary N) is 1. The molecule has 30 heavy (non-hydrogen) atoms. The average molecular weight is 432 g/mol. The Balaban J connectivity index is 1.73. The zero-order valence-electron chi connectivity index (χ0n) is 16.9. The molecule has 1 amide bonds. The quantitative estimate of drug-likeness (QED) is 0.697. The minimum atomic E-state index is -3.57. The van der Waals surface area contributed by atoms with Gasteiger partial charge in [0.05, 0.1) is 12.4 Å². The van der Waals surface area contributed by atoms with Crippen LogP contribution in [0.25, 0.3) is 11.1 Å². The van der Waals surface area contributed by atoms with E-state index in [1.807, 2.05) is 36.4 Å². The number of benzene rings is 2. The first kappa shape index (κ1) is 21.8. The summed E-state index contributed by atoms with van der Waals surface area (Å²) in [6.45, 7) is 1.57. The van der Waals surface area contributed by atoms with Crippen LogP contribution in [0.3, 0.4) is 0 Å². The lowest BCUT2D eigenvalue weighted by Crippen LogP contribution is -2.48. The minimum absolute atomic E-state index is 0.0512. The van der Waals surface area contributed by atoms with E-state index in [0.29, 0.717) is 12.0 Å². The number of carboxylic acids is 1. The van der Waals surface area contributed by atoms with Crippen molar-refractivity contribution in [2.45, 2.75) is 42.7 Å². The fraction of sp³-hybridized carbons (Fsp3) is 0.364. The van der Waals surface area contributed by atoms with E-state index in [4.69, 9.17) is 4.74 Å². The van der Waals surface area contributed by atoms with E-state index in [-0.39, 0.29) is 12.8 Å². The van der Waals surface area contributed by atoms with Gasteiger partial charge in [-0.25, -0.2) is 13.2 Å². The van der Waals surface area contributed by atoms with Crippen LogP contribution in [0.15, 0.2) is 48.5 Å². The third-order valence-electron chi connectivity index (χ3n) is 5.51. The highest BCUT2D eigenvalue weighted by Gasteiger charge is 2.43. The number of aliphatic carboxylic acids is 1. The monoisotopic (exact) mass is 431 g/mol. The van der Waals surface area contributed by atoms with Crippen molar-refractivity contribution in [1.82, 2.24) is 5.32 Å². The first-order valence-electron chi connectivity index (χ1n) is 9.72. The Bertz CT molecular complexity index is 1030. The Labute approximate surface area is 176 Å². The van der Waals surface area contributed by atoms with Crippen molar-refractivity contribution in [3.8, 4) is 16.9 Å². The Morgan fingerprint density at radius 1 is 1.13 bits per heavy atom. The molecule has 1 saturated heterocycles. The molecule has 0 saturated carbocycles. The molecule has 7 nitrogen and oxygen atoms in total. The van der Waals surface area contributed by atoms with Crippen molar-refractivity contribution in [3.63, 3.8) is 0 Å². The fourth-order valence-corrected chi connectivity index (χ4v) is 5.54. The molecule has 2 aromatic rings. The summed E-state index contributed by atoms with van der Waals surface area (Å²) in [6.07, 6.45) is 0.674. The van der Waals surface area contributed by atoms with Crippen molar-refractivity contribution in [1.29, 1.82) is 0 Å². The third kappa shape index (κ3) is 4.48. The van der Waals surface area contributed by atoms with Gasteiger partial charge in [0, 0.05) is 12.0 Å². The van der Waals surface area contributed by atoms with Crippen molar-refractivity contribution in [2.75, 3.05) is 7.11 Å². The Kier molecular flexibility index (Phi) is 6.45. The molecule has 2 N–H and O–H groups in total. The largest absolute Gasteiger partial charge is 0.496 e. The van der Waals surface area contributed by atoms with Crippen LogP contribution in [0, 0.1) is 0 Å². The molecule has 8 heteroatoms. The van der Waals surface area contributed by atoms with Crippen molar-refractivity contribution >= 4 is 21.7 Å². The highest BCUT2D eigenvalue weighted by atomic mass is 32.2. The second kappa shape index (κ2) is 8.87. The van der Waals surface area contributed by atoms with Gasteiger partial charge in [-0.15, -0.1) is 0 Å². The molecule has 1 aliphatic heterocycles. The second-order valence-corrected chi connectivity index (χ2v) is 10.0. The number of carboxylic acid groups (broad SMARTS) is 1. The van der Waals surface area contributed by atoms with Crippen LogP contribution < -0.4 is 10.1 Å². The number of hydrogen-bond donors (Lipinski definition) is 2. The number of amides is 1. The van der Waals surface area contributed by atoms with Crippen LogP contribution in [0.5, 0.6) is 5.75 Å². The molecule has 1 aliphatic rings. The standard InChI is InChI=1S/C22H25NO6S/c1-14-7-12-20(30(14,27)28)21(24)23-18(22(25)26)13-15-8-10-16(11-9-15)17-5-3-4-6-19(17)29-2/h3-6,8-11,14,18,20H,7,12-13H2,1-2H3,(H,23,24)(H,25,26)/t14-,18+,20+/m0/s1. The zero-order valence-corrected chi connectivity index (χ0v) is 17.7. The maximum Gasteiger partial charge on any atom is 0.326 e. The van der Waals surface area contributed by atoms with Crippen molar-refractivity contribution < 1.29 is 27.9 Å².